The third-order valence-corrected chi connectivity index (χ3v) is 5.85. The lowest BCUT2D eigenvalue weighted by atomic mass is 9.81. The highest BCUT2D eigenvalue weighted by Crippen LogP contribution is 2.48. The molecule has 2 saturated heterocycles. The van der Waals surface area contributed by atoms with Crippen molar-refractivity contribution >= 4 is 17.9 Å². The van der Waals surface area contributed by atoms with Crippen molar-refractivity contribution in [2.75, 3.05) is 19.6 Å². The van der Waals surface area contributed by atoms with E-state index in [0.29, 0.717) is 25.9 Å². The average Bonchev–Trinajstić information content (AvgIpc) is 3.09. The van der Waals surface area contributed by atoms with E-state index in [9.17, 15) is 19.5 Å². The van der Waals surface area contributed by atoms with E-state index in [4.69, 9.17) is 0 Å². The maximum atomic E-state index is 12.6. The minimum Gasteiger partial charge on any atom is -0.481 e. The summed E-state index contributed by atoms with van der Waals surface area (Å²) in [4.78, 5) is 39.8. The molecular weight excluding hydrogens is 310 g/mol. The summed E-state index contributed by atoms with van der Waals surface area (Å²) >= 11 is 0. The van der Waals surface area contributed by atoms with Gasteiger partial charge in [-0.25, -0.2) is 4.79 Å². The van der Waals surface area contributed by atoms with Crippen molar-refractivity contribution in [1.29, 1.82) is 0 Å². The highest BCUT2D eigenvalue weighted by atomic mass is 16.4. The number of nitrogens with zero attached hydrogens (tertiary/aromatic N) is 2. The van der Waals surface area contributed by atoms with Gasteiger partial charge in [-0.3, -0.25) is 9.59 Å². The standard InChI is InChI=1S/C17H27N3O4/c1-16(2,3)20-9-12(7-13(20)21)18-15(24)19-8-11-5-4-6-17(11,10-19)14(22)23/h11-12H,4-10H2,1-3H3,(H,18,24)(H,22,23)/t11-,12?,17+/m0/s1. The van der Waals surface area contributed by atoms with Gasteiger partial charge in [-0.05, 0) is 39.5 Å². The van der Waals surface area contributed by atoms with Crippen molar-refractivity contribution in [3.05, 3.63) is 0 Å². The molecule has 2 heterocycles. The number of carboxylic acids is 1. The van der Waals surface area contributed by atoms with Crippen LogP contribution in [-0.2, 0) is 9.59 Å². The van der Waals surface area contributed by atoms with Crippen molar-refractivity contribution < 1.29 is 19.5 Å². The van der Waals surface area contributed by atoms with E-state index in [1.165, 1.54) is 0 Å². The SMILES string of the molecule is CC(C)(C)N1CC(NC(=O)N2C[C@@H]3CCC[C@@]3(C(=O)O)C2)CC1=O. The van der Waals surface area contributed by atoms with E-state index < -0.39 is 11.4 Å². The second kappa shape index (κ2) is 5.63. The number of hydrogen-bond acceptors (Lipinski definition) is 3. The van der Waals surface area contributed by atoms with Crippen LogP contribution in [0.3, 0.4) is 0 Å². The lowest BCUT2D eigenvalue weighted by Gasteiger charge is -2.32. The zero-order valence-electron chi connectivity index (χ0n) is 14.7. The summed E-state index contributed by atoms with van der Waals surface area (Å²) in [6.07, 6.45) is 2.75. The highest BCUT2D eigenvalue weighted by molar-refractivity contribution is 5.83. The van der Waals surface area contributed by atoms with Crippen LogP contribution >= 0.6 is 0 Å². The smallest absolute Gasteiger partial charge is 0.317 e. The van der Waals surface area contributed by atoms with Crippen molar-refractivity contribution in [3.8, 4) is 0 Å². The first kappa shape index (κ1) is 17.0. The fourth-order valence-corrected chi connectivity index (χ4v) is 4.51. The van der Waals surface area contributed by atoms with E-state index in [0.717, 1.165) is 12.8 Å². The second-order valence-electron chi connectivity index (χ2n) is 8.46. The second-order valence-corrected chi connectivity index (χ2v) is 8.46. The highest BCUT2D eigenvalue weighted by Gasteiger charge is 2.56. The maximum Gasteiger partial charge on any atom is 0.317 e. The average molecular weight is 337 g/mol. The van der Waals surface area contributed by atoms with Gasteiger partial charge in [0.2, 0.25) is 5.91 Å². The summed E-state index contributed by atoms with van der Waals surface area (Å²) in [5, 5.41) is 12.5. The van der Waals surface area contributed by atoms with Crippen molar-refractivity contribution in [2.24, 2.45) is 11.3 Å². The predicted molar refractivity (Wildman–Crippen MR) is 87.4 cm³/mol. The number of carbonyl (C=O) groups excluding carboxylic acids is 2. The molecule has 0 aromatic heterocycles. The van der Waals surface area contributed by atoms with Crippen molar-refractivity contribution in [3.63, 3.8) is 0 Å². The number of rotatable bonds is 2. The number of nitrogens with one attached hydrogen (secondary N) is 1. The summed E-state index contributed by atoms with van der Waals surface area (Å²) in [5.41, 5.74) is -1.02. The van der Waals surface area contributed by atoms with Crippen molar-refractivity contribution in [2.45, 2.75) is 58.0 Å². The number of likely N-dealkylation sites (tertiary alicyclic amines) is 2. The molecule has 3 rings (SSSR count). The van der Waals surface area contributed by atoms with E-state index >= 15 is 0 Å². The van der Waals surface area contributed by atoms with Crippen LogP contribution in [0.15, 0.2) is 0 Å². The number of urea groups is 1. The van der Waals surface area contributed by atoms with Crippen molar-refractivity contribution in [1.82, 2.24) is 15.1 Å². The summed E-state index contributed by atoms with van der Waals surface area (Å²) in [6, 6.07) is -0.441. The third kappa shape index (κ3) is 2.74. The molecule has 1 unspecified atom stereocenters. The van der Waals surface area contributed by atoms with Gasteiger partial charge in [-0.2, -0.15) is 0 Å². The van der Waals surface area contributed by atoms with Gasteiger partial charge in [0.1, 0.15) is 0 Å². The zero-order valence-corrected chi connectivity index (χ0v) is 14.7. The summed E-state index contributed by atoms with van der Waals surface area (Å²) in [7, 11) is 0. The molecule has 3 fully saturated rings. The first-order valence-corrected chi connectivity index (χ1v) is 8.73. The molecule has 0 bridgehead atoms. The summed E-state index contributed by atoms with van der Waals surface area (Å²) in [5.74, 6) is -0.680. The van der Waals surface area contributed by atoms with Gasteiger partial charge in [0.15, 0.2) is 0 Å². The number of carboxylic acid groups (broad SMARTS) is 1. The van der Waals surface area contributed by atoms with Crippen LogP contribution in [0, 0.1) is 11.3 Å². The Morgan fingerprint density at radius 3 is 2.54 bits per heavy atom. The molecule has 2 aliphatic heterocycles. The fraction of sp³-hybridized carbons (Fsp3) is 0.824. The third-order valence-electron chi connectivity index (χ3n) is 5.85. The van der Waals surface area contributed by atoms with E-state index in [1.807, 2.05) is 20.8 Å². The van der Waals surface area contributed by atoms with Crippen LogP contribution < -0.4 is 5.32 Å². The van der Waals surface area contributed by atoms with E-state index in [-0.39, 0.29) is 36.0 Å². The van der Waals surface area contributed by atoms with Gasteiger partial charge < -0.3 is 20.2 Å². The van der Waals surface area contributed by atoms with Crippen LogP contribution in [0.1, 0.15) is 46.5 Å². The van der Waals surface area contributed by atoms with Crippen LogP contribution in [0.2, 0.25) is 0 Å². The minimum absolute atomic E-state index is 0.0492. The quantitative estimate of drug-likeness (QED) is 0.794. The topological polar surface area (TPSA) is 90.0 Å². The molecule has 0 aromatic carbocycles. The molecule has 1 aliphatic carbocycles. The Bertz CT molecular complexity index is 571. The normalized spacial score (nSPS) is 33.0. The Hall–Kier alpha value is -1.79. The van der Waals surface area contributed by atoms with E-state index in [1.54, 1.807) is 9.80 Å². The zero-order chi connectivity index (χ0) is 17.7. The van der Waals surface area contributed by atoms with E-state index in [2.05, 4.69) is 5.32 Å². The van der Waals surface area contributed by atoms with Crippen LogP contribution in [0.5, 0.6) is 0 Å². The maximum absolute atomic E-state index is 12.6. The monoisotopic (exact) mass is 337 g/mol. The Kier molecular flexibility index (Phi) is 4.00. The molecule has 2 N–H and O–H groups in total. The van der Waals surface area contributed by atoms with Crippen LogP contribution in [0.25, 0.3) is 0 Å². The molecule has 3 atom stereocenters. The molecule has 3 amide bonds. The Morgan fingerprint density at radius 2 is 2.00 bits per heavy atom. The van der Waals surface area contributed by atoms with Gasteiger partial charge in [-0.15, -0.1) is 0 Å². The predicted octanol–water partition coefficient (Wildman–Crippen LogP) is 1.28. The fourth-order valence-electron chi connectivity index (χ4n) is 4.51. The molecule has 134 valence electrons. The lowest BCUT2D eigenvalue weighted by molar-refractivity contribution is -0.149. The molecule has 24 heavy (non-hydrogen) atoms. The van der Waals surface area contributed by atoms with Gasteiger partial charge in [0, 0.05) is 31.6 Å². The number of amides is 3. The van der Waals surface area contributed by atoms with Gasteiger partial charge in [0.25, 0.3) is 0 Å². The molecular formula is C17H27N3O4. The molecule has 7 nitrogen and oxygen atoms in total. The largest absolute Gasteiger partial charge is 0.481 e. The first-order chi connectivity index (χ1) is 11.1. The molecule has 3 aliphatic rings. The Morgan fingerprint density at radius 1 is 1.29 bits per heavy atom. The number of carbonyl (C=O) groups is 3. The molecule has 7 heteroatoms. The molecule has 1 saturated carbocycles. The van der Waals surface area contributed by atoms with Gasteiger partial charge in [-0.1, -0.05) is 6.42 Å². The summed E-state index contributed by atoms with van der Waals surface area (Å²) < 4.78 is 0. The van der Waals surface area contributed by atoms with Gasteiger partial charge >= 0.3 is 12.0 Å². The lowest BCUT2D eigenvalue weighted by Crippen LogP contribution is -2.48. The molecule has 0 radical (unpaired) electrons. The van der Waals surface area contributed by atoms with Crippen LogP contribution in [0.4, 0.5) is 4.79 Å². The van der Waals surface area contributed by atoms with Gasteiger partial charge in [0.05, 0.1) is 11.5 Å². The molecule has 0 aromatic rings. The minimum atomic E-state index is -0.782. The number of aliphatic carboxylic acids is 1. The van der Waals surface area contributed by atoms with Crippen LogP contribution in [-0.4, -0.2) is 64.0 Å². The Labute approximate surface area is 142 Å². The molecule has 0 spiro atoms. The summed E-state index contributed by atoms with van der Waals surface area (Å²) in [6.45, 7) is 7.23. The Balaban J connectivity index is 1.61. The number of hydrogen-bond donors (Lipinski definition) is 2. The first-order valence-electron chi connectivity index (χ1n) is 8.73. The number of fused-ring (bicyclic) bond motifs is 1.